The molecule has 2 N–H and O–H groups in total. The fraction of sp³-hybridized carbons (Fsp3) is 0.185. The Morgan fingerprint density at radius 2 is 1.74 bits per heavy atom. The van der Waals surface area contributed by atoms with Crippen LogP contribution in [-0.2, 0) is 24.2 Å². The Hall–Kier alpha value is -4.26. The zero-order valence-electron chi connectivity index (χ0n) is 18.7. The van der Waals surface area contributed by atoms with Crippen molar-refractivity contribution >= 4 is 27.8 Å². The Bertz CT molecular complexity index is 1500. The van der Waals surface area contributed by atoms with E-state index in [1.165, 1.54) is 10.9 Å². The number of para-hydroxylation sites is 1. The maximum Gasteiger partial charge on any atom is 0.263 e. The van der Waals surface area contributed by atoms with Crippen LogP contribution in [0.25, 0.3) is 21.9 Å². The van der Waals surface area contributed by atoms with Crippen molar-refractivity contribution in [3.05, 3.63) is 106 Å². The van der Waals surface area contributed by atoms with Crippen LogP contribution < -0.4 is 10.9 Å². The normalized spacial score (nSPS) is 11.2. The van der Waals surface area contributed by atoms with Crippen molar-refractivity contribution < 1.29 is 4.79 Å². The average Bonchev–Trinajstić information content (AvgIpc) is 3.28. The maximum absolute atomic E-state index is 13.2. The Balaban J connectivity index is 1.28. The predicted octanol–water partition coefficient (Wildman–Crippen LogP) is 3.61. The molecule has 1 amide bonds. The molecule has 0 aliphatic rings. The first-order valence-corrected chi connectivity index (χ1v) is 11.4. The van der Waals surface area contributed by atoms with Crippen molar-refractivity contribution in [2.24, 2.45) is 0 Å². The van der Waals surface area contributed by atoms with Gasteiger partial charge in [0.2, 0.25) is 5.91 Å². The summed E-state index contributed by atoms with van der Waals surface area (Å²) in [7, 11) is 0. The number of aryl methyl sites for hydroxylation is 1. The van der Waals surface area contributed by atoms with Crippen molar-refractivity contribution in [3.8, 4) is 0 Å². The number of nitrogens with one attached hydrogen (secondary N) is 2. The molecule has 0 aliphatic carbocycles. The van der Waals surface area contributed by atoms with E-state index in [0.717, 1.165) is 17.5 Å². The lowest BCUT2D eigenvalue weighted by Gasteiger charge is -2.13. The molecule has 2 aromatic carbocycles. The molecule has 0 bridgehead atoms. The van der Waals surface area contributed by atoms with Crippen molar-refractivity contribution in [1.29, 1.82) is 0 Å². The van der Waals surface area contributed by atoms with Gasteiger partial charge in [-0.1, -0.05) is 48.5 Å². The molecule has 0 atom stereocenters. The number of carbonyl (C=O) groups is 1. The Morgan fingerprint density at radius 1 is 0.941 bits per heavy atom. The third kappa shape index (κ3) is 4.59. The lowest BCUT2D eigenvalue weighted by atomic mass is 10.1. The first-order chi connectivity index (χ1) is 16.7. The van der Waals surface area contributed by atoms with Gasteiger partial charge in [-0.2, -0.15) is 0 Å². The smallest absolute Gasteiger partial charge is 0.263 e. The van der Waals surface area contributed by atoms with Crippen molar-refractivity contribution in [1.82, 2.24) is 24.8 Å². The van der Waals surface area contributed by atoms with Crippen molar-refractivity contribution in [2.45, 2.75) is 25.8 Å². The third-order valence-corrected chi connectivity index (χ3v) is 5.96. The molecule has 0 saturated heterocycles. The van der Waals surface area contributed by atoms with Gasteiger partial charge in [0.15, 0.2) is 5.65 Å². The van der Waals surface area contributed by atoms with Crippen LogP contribution in [0.4, 0.5) is 0 Å². The van der Waals surface area contributed by atoms with Crippen LogP contribution in [0.2, 0.25) is 0 Å². The fourth-order valence-electron chi connectivity index (χ4n) is 4.21. The molecule has 0 aliphatic heterocycles. The standard InChI is InChI=1S/C27H25N5O2/c33-25(28-16-14-20-17-30-23-11-5-4-9-21(20)23)13-12-24-31-26-22(10-6-15-29-26)27(34)32(24)18-19-7-2-1-3-8-19/h1-11,15,17,30H,12-14,16,18H2,(H,28,33). The van der Waals surface area contributed by atoms with Gasteiger partial charge in [-0.3, -0.25) is 14.2 Å². The van der Waals surface area contributed by atoms with Crippen LogP contribution in [0.1, 0.15) is 23.4 Å². The molecule has 0 saturated carbocycles. The number of rotatable bonds is 8. The first-order valence-electron chi connectivity index (χ1n) is 11.4. The van der Waals surface area contributed by atoms with Gasteiger partial charge in [0.1, 0.15) is 5.82 Å². The molecule has 0 spiro atoms. The second-order valence-corrected chi connectivity index (χ2v) is 8.24. The molecule has 5 rings (SSSR count). The van der Waals surface area contributed by atoms with E-state index in [4.69, 9.17) is 0 Å². The van der Waals surface area contributed by atoms with Gasteiger partial charge in [0.25, 0.3) is 5.56 Å². The molecule has 34 heavy (non-hydrogen) atoms. The quantitative estimate of drug-likeness (QED) is 0.377. The number of H-pyrrole nitrogens is 1. The summed E-state index contributed by atoms with van der Waals surface area (Å²) >= 11 is 0. The van der Waals surface area contributed by atoms with E-state index in [9.17, 15) is 9.59 Å². The van der Waals surface area contributed by atoms with Gasteiger partial charge in [-0.15, -0.1) is 0 Å². The van der Waals surface area contributed by atoms with Crippen molar-refractivity contribution in [3.63, 3.8) is 0 Å². The monoisotopic (exact) mass is 451 g/mol. The van der Waals surface area contributed by atoms with E-state index in [0.29, 0.717) is 36.4 Å². The van der Waals surface area contributed by atoms with Crippen LogP contribution in [0.5, 0.6) is 0 Å². The fourth-order valence-corrected chi connectivity index (χ4v) is 4.21. The van der Waals surface area contributed by atoms with Crippen LogP contribution in [0, 0.1) is 0 Å². The van der Waals surface area contributed by atoms with E-state index in [-0.39, 0.29) is 17.9 Å². The number of nitrogens with zero attached hydrogens (tertiary/aromatic N) is 3. The second-order valence-electron chi connectivity index (χ2n) is 8.24. The summed E-state index contributed by atoms with van der Waals surface area (Å²) in [5.74, 6) is 0.494. The highest BCUT2D eigenvalue weighted by Crippen LogP contribution is 2.17. The number of hydrogen-bond donors (Lipinski definition) is 2. The minimum absolute atomic E-state index is 0.0681. The lowest BCUT2D eigenvalue weighted by Crippen LogP contribution is -2.29. The zero-order valence-corrected chi connectivity index (χ0v) is 18.7. The molecule has 0 unspecified atom stereocenters. The molecule has 7 nitrogen and oxygen atoms in total. The van der Waals surface area contributed by atoms with Crippen LogP contribution >= 0.6 is 0 Å². The number of fused-ring (bicyclic) bond motifs is 2. The highest BCUT2D eigenvalue weighted by atomic mass is 16.1. The Labute approximate surface area is 196 Å². The highest BCUT2D eigenvalue weighted by molar-refractivity contribution is 5.83. The summed E-state index contributed by atoms with van der Waals surface area (Å²) in [5.41, 5.74) is 3.54. The molecule has 0 radical (unpaired) electrons. The summed E-state index contributed by atoms with van der Waals surface area (Å²) in [4.78, 5) is 37.9. The highest BCUT2D eigenvalue weighted by Gasteiger charge is 2.14. The molecule has 0 fully saturated rings. The van der Waals surface area contributed by atoms with E-state index < -0.39 is 0 Å². The number of amides is 1. The molecule has 7 heteroatoms. The summed E-state index contributed by atoms with van der Waals surface area (Å²) in [6.07, 6.45) is 4.95. The maximum atomic E-state index is 13.2. The van der Waals surface area contributed by atoms with Gasteiger partial charge in [-0.25, -0.2) is 9.97 Å². The molecule has 5 aromatic rings. The summed E-state index contributed by atoms with van der Waals surface area (Å²) in [6, 6.07) is 21.4. The number of pyridine rings is 1. The van der Waals surface area contributed by atoms with Crippen LogP contribution in [0.15, 0.2) is 83.9 Å². The van der Waals surface area contributed by atoms with Crippen LogP contribution in [0.3, 0.4) is 0 Å². The number of aromatic amines is 1. The Morgan fingerprint density at radius 3 is 2.62 bits per heavy atom. The number of benzene rings is 2. The largest absolute Gasteiger partial charge is 0.361 e. The molecular weight excluding hydrogens is 426 g/mol. The first kappa shape index (κ1) is 21.6. The second kappa shape index (κ2) is 9.70. The molecule has 3 heterocycles. The number of hydrogen-bond acceptors (Lipinski definition) is 4. The third-order valence-electron chi connectivity index (χ3n) is 5.96. The predicted molar refractivity (Wildman–Crippen MR) is 133 cm³/mol. The number of aromatic nitrogens is 4. The van der Waals surface area contributed by atoms with E-state index in [1.54, 1.807) is 22.9 Å². The van der Waals surface area contributed by atoms with Gasteiger partial charge >= 0.3 is 0 Å². The Kier molecular flexibility index (Phi) is 6.16. The van der Waals surface area contributed by atoms with Crippen LogP contribution in [-0.4, -0.2) is 32.0 Å². The van der Waals surface area contributed by atoms with E-state index >= 15 is 0 Å². The van der Waals surface area contributed by atoms with E-state index in [1.807, 2.05) is 54.7 Å². The molecule has 3 aromatic heterocycles. The van der Waals surface area contributed by atoms with Gasteiger partial charge < -0.3 is 10.3 Å². The molecule has 170 valence electrons. The van der Waals surface area contributed by atoms with Gasteiger partial charge in [0, 0.05) is 42.7 Å². The van der Waals surface area contributed by atoms with Crippen molar-refractivity contribution in [2.75, 3.05) is 6.54 Å². The zero-order chi connectivity index (χ0) is 23.3. The summed E-state index contributed by atoms with van der Waals surface area (Å²) < 4.78 is 1.65. The van der Waals surface area contributed by atoms with Gasteiger partial charge in [0.05, 0.1) is 11.9 Å². The summed E-state index contributed by atoms with van der Waals surface area (Å²) in [6.45, 7) is 0.944. The summed E-state index contributed by atoms with van der Waals surface area (Å²) in [5, 5.41) is 4.65. The average molecular weight is 452 g/mol. The van der Waals surface area contributed by atoms with E-state index in [2.05, 4.69) is 26.3 Å². The number of carbonyl (C=O) groups excluding carboxylic acids is 1. The SMILES string of the molecule is O=C(CCc1nc2ncccc2c(=O)n1Cc1ccccc1)NCCc1c[nH]c2ccccc12. The lowest BCUT2D eigenvalue weighted by molar-refractivity contribution is -0.121. The minimum Gasteiger partial charge on any atom is -0.361 e. The topological polar surface area (TPSA) is 92.7 Å². The minimum atomic E-state index is -0.142. The molecular formula is C27H25N5O2. The van der Waals surface area contributed by atoms with Gasteiger partial charge in [-0.05, 0) is 35.7 Å².